The summed E-state index contributed by atoms with van der Waals surface area (Å²) < 4.78 is 13.4. The molecule has 1 saturated heterocycles. The number of benzene rings is 1. The Kier molecular flexibility index (Phi) is 4.32. The van der Waals surface area contributed by atoms with Gasteiger partial charge < -0.3 is 15.7 Å². The zero-order valence-electron chi connectivity index (χ0n) is 8.16. The molecule has 0 saturated carbocycles. The summed E-state index contributed by atoms with van der Waals surface area (Å²) in [4.78, 5) is 0. The van der Waals surface area contributed by atoms with Crippen LogP contribution in [0, 0.1) is 5.82 Å². The van der Waals surface area contributed by atoms with E-state index in [-0.39, 0.29) is 30.0 Å². The van der Waals surface area contributed by atoms with E-state index in [2.05, 4.69) is 10.6 Å². The first-order valence-corrected chi connectivity index (χ1v) is 4.70. The van der Waals surface area contributed by atoms with Crippen LogP contribution in [0.25, 0.3) is 0 Å². The lowest BCUT2D eigenvalue weighted by Crippen LogP contribution is -2.42. The molecule has 5 heteroatoms. The Morgan fingerprint density at radius 2 is 2.13 bits per heavy atom. The van der Waals surface area contributed by atoms with Gasteiger partial charge in [-0.15, -0.1) is 12.4 Å². The number of aromatic hydroxyl groups is 1. The SMILES string of the molecule is Cl.Oc1ccc([C@H]2CNCCN2)c(F)c1. The van der Waals surface area contributed by atoms with Crippen molar-refractivity contribution in [3.05, 3.63) is 29.6 Å². The molecule has 0 aliphatic carbocycles. The van der Waals surface area contributed by atoms with Crippen LogP contribution in [0.2, 0.25) is 0 Å². The van der Waals surface area contributed by atoms with Gasteiger partial charge in [0.2, 0.25) is 0 Å². The summed E-state index contributed by atoms with van der Waals surface area (Å²) in [5, 5.41) is 15.5. The molecule has 0 aromatic heterocycles. The second kappa shape index (κ2) is 5.30. The van der Waals surface area contributed by atoms with E-state index in [1.807, 2.05) is 0 Å². The second-order valence-corrected chi connectivity index (χ2v) is 3.42. The first kappa shape index (κ1) is 12.2. The minimum absolute atomic E-state index is 0. The maximum Gasteiger partial charge on any atom is 0.131 e. The molecule has 3 N–H and O–H groups in total. The normalized spacial score (nSPS) is 20.7. The fourth-order valence-electron chi connectivity index (χ4n) is 1.67. The van der Waals surface area contributed by atoms with Crippen molar-refractivity contribution in [1.82, 2.24) is 10.6 Å². The monoisotopic (exact) mass is 232 g/mol. The van der Waals surface area contributed by atoms with E-state index in [4.69, 9.17) is 5.11 Å². The molecule has 0 amide bonds. The molecular weight excluding hydrogens is 219 g/mol. The standard InChI is InChI=1S/C10H13FN2O.ClH/c11-9-5-7(14)1-2-8(9)10-6-12-3-4-13-10;/h1-2,5,10,12-14H,3-4,6H2;1H/t10-;/m1./s1. The fourth-order valence-corrected chi connectivity index (χ4v) is 1.67. The van der Waals surface area contributed by atoms with Crippen molar-refractivity contribution >= 4 is 12.4 Å². The molecule has 1 aromatic rings. The Bertz CT molecular complexity index is 329. The predicted molar refractivity (Wildman–Crippen MR) is 58.9 cm³/mol. The average molecular weight is 233 g/mol. The third kappa shape index (κ3) is 2.81. The Labute approximate surface area is 94.1 Å². The molecule has 1 atom stereocenters. The summed E-state index contributed by atoms with van der Waals surface area (Å²) in [6, 6.07) is 4.28. The number of piperazine rings is 1. The van der Waals surface area contributed by atoms with Gasteiger partial charge in [-0.1, -0.05) is 6.07 Å². The number of nitrogens with one attached hydrogen (secondary N) is 2. The second-order valence-electron chi connectivity index (χ2n) is 3.42. The molecule has 1 aromatic carbocycles. The van der Waals surface area contributed by atoms with Gasteiger partial charge in [0, 0.05) is 37.3 Å². The molecule has 0 unspecified atom stereocenters. The number of rotatable bonds is 1. The van der Waals surface area contributed by atoms with Crippen LogP contribution in [0.1, 0.15) is 11.6 Å². The van der Waals surface area contributed by atoms with Gasteiger partial charge in [-0.05, 0) is 6.07 Å². The van der Waals surface area contributed by atoms with Crippen LogP contribution in [0.5, 0.6) is 5.75 Å². The van der Waals surface area contributed by atoms with Crippen molar-refractivity contribution in [1.29, 1.82) is 0 Å². The third-order valence-corrected chi connectivity index (χ3v) is 2.40. The molecule has 1 aliphatic heterocycles. The van der Waals surface area contributed by atoms with Crippen molar-refractivity contribution in [2.45, 2.75) is 6.04 Å². The molecule has 84 valence electrons. The smallest absolute Gasteiger partial charge is 0.131 e. The Balaban J connectivity index is 0.00000112. The van der Waals surface area contributed by atoms with Crippen LogP contribution in [-0.2, 0) is 0 Å². The summed E-state index contributed by atoms with van der Waals surface area (Å²) >= 11 is 0. The highest BCUT2D eigenvalue weighted by molar-refractivity contribution is 5.85. The first-order chi connectivity index (χ1) is 6.77. The Hall–Kier alpha value is -0.840. The van der Waals surface area contributed by atoms with E-state index in [1.165, 1.54) is 6.07 Å². The maximum atomic E-state index is 13.4. The van der Waals surface area contributed by atoms with Crippen LogP contribution in [0.4, 0.5) is 4.39 Å². The van der Waals surface area contributed by atoms with Crippen LogP contribution in [-0.4, -0.2) is 24.7 Å². The van der Waals surface area contributed by atoms with Crippen LogP contribution in [0.15, 0.2) is 18.2 Å². The molecule has 0 radical (unpaired) electrons. The number of hydrogen-bond donors (Lipinski definition) is 3. The van der Waals surface area contributed by atoms with Gasteiger partial charge in [-0.3, -0.25) is 0 Å². The molecule has 15 heavy (non-hydrogen) atoms. The minimum atomic E-state index is -0.355. The number of phenolic OH excluding ortho intramolecular Hbond substituents is 1. The van der Waals surface area contributed by atoms with Gasteiger partial charge in [0.15, 0.2) is 0 Å². The van der Waals surface area contributed by atoms with Crippen molar-refractivity contribution in [2.24, 2.45) is 0 Å². The molecule has 0 spiro atoms. The highest BCUT2D eigenvalue weighted by Crippen LogP contribution is 2.21. The Morgan fingerprint density at radius 1 is 1.33 bits per heavy atom. The quantitative estimate of drug-likeness (QED) is 0.682. The Morgan fingerprint density at radius 3 is 2.73 bits per heavy atom. The van der Waals surface area contributed by atoms with E-state index in [0.29, 0.717) is 5.56 Å². The van der Waals surface area contributed by atoms with E-state index < -0.39 is 0 Å². The molecule has 2 rings (SSSR count). The molecule has 1 fully saturated rings. The van der Waals surface area contributed by atoms with E-state index in [9.17, 15) is 4.39 Å². The van der Waals surface area contributed by atoms with Crippen LogP contribution >= 0.6 is 12.4 Å². The topological polar surface area (TPSA) is 44.3 Å². The zero-order chi connectivity index (χ0) is 9.97. The summed E-state index contributed by atoms with van der Waals surface area (Å²) in [6.07, 6.45) is 0. The fraction of sp³-hybridized carbons (Fsp3) is 0.400. The van der Waals surface area contributed by atoms with E-state index >= 15 is 0 Å². The van der Waals surface area contributed by atoms with Gasteiger partial charge in [0.25, 0.3) is 0 Å². The minimum Gasteiger partial charge on any atom is -0.508 e. The molecule has 1 heterocycles. The van der Waals surface area contributed by atoms with Crippen molar-refractivity contribution in [3.8, 4) is 5.75 Å². The van der Waals surface area contributed by atoms with Crippen LogP contribution in [0.3, 0.4) is 0 Å². The predicted octanol–water partition coefficient (Wildman–Crippen LogP) is 1.19. The average Bonchev–Trinajstić information content (AvgIpc) is 2.19. The van der Waals surface area contributed by atoms with E-state index in [1.54, 1.807) is 6.07 Å². The zero-order valence-corrected chi connectivity index (χ0v) is 8.98. The highest BCUT2D eigenvalue weighted by Gasteiger charge is 2.17. The summed E-state index contributed by atoms with van der Waals surface area (Å²) in [6.45, 7) is 2.48. The van der Waals surface area contributed by atoms with Gasteiger partial charge in [-0.25, -0.2) is 4.39 Å². The lowest BCUT2D eigenvalue weighted by Gasteiger charge is -2.25. The number of halogens is 2. The number of hydrogen-bond acceptors (Lipinski definition) is 3. The summed E-state index contributed by atoms with van der Waals surface area (Å²) in [5.74, 6) is -0.388. The van der Waals surface area contributed by atoms with Crippen molar-refractivity contribution in [3.63, 3.8) is 0 Å². The largest absolute Gasteiger partial charge is 0.508 e. The van der Waals surface area contributed by atoms with Crippen molar-refractivity contribution in [2.75, 3.05) is 19.6 Å². The van der Waals surface area contributed by atoms with Gasteiger partial charge >= 0.3 is 0 Å². The van der Waals surface area contributed by atoms with Crippen LogP contribution < -0.4 is 10.6 Å². The highest BCUT2D eigenvalue weighted by atomic mass is 35.5. The van der Waals surface area contributed by atoms with Gasteiger partial charge in [0.05, 0.1) is 0 Å². The third-order valence-electron chi connectivity index (χ3n) is 2.40. The molecule has 0 bridgehead atoms. The molecular formula is C10H14ClFN2O. The maximum absolute atomic E-state index is 13.4. The lowest BCUT2D eigenvalue weighted by molar-refractivity contribution is 0.413. The first-order valence-electron chi connectivity index (χ1n) is 4.70. The van der Waals surface area contributed by atoms with Gasteiger partial charge in [-0.2, -0.15) is 0 Å². The summed E-state index contributed by atoms with van der Waals surface area (Å²) in [7, 11) is 0. The van der Waals surface area contributed by atoms with E-state index in [0.717, 1.165) is 25.7 Å². The number of phenols is 1. The molecule has 1 aliphatic rings. The summed E-state index contributed by atoms with van der Waals surface area (Å²) in [5.41, 5.74) is 0.606. The van der Waals surface area contributed by atoms with Crippen molar-refractivity contribution < 1.29 is 9.50 Å². The van der Waals surface area contributed by atoms with Gasteiger partial charge in [0.1, 0.15) is 11.6 Å². The molecule has 3 nitrogen and oxygen atoms in total. The lowest BCUT2D eigenvalue weighted by atomic mass is 10.0.